The van der Waals surface area contributed by atoms with Crippen LogP contribution in [0.5, 0.6) is 0 Å². The fraction of sp³-hybridized carbons (Fsp3) is 0.0769. The second kappa shape index (κ2) is 5.68. The van der Waals surface area contributed by atoms with Crippen LogP contribution in [-0.4, -0.2) is 5.11 Å². The number of aliphatic hydroxyl groups excluding tert-OH is 1. The Hall–Kier alpha value is -0.440. The fourth-order valence-corrected chi connectivity index (χ4v) is 2.69. The van der Waals surface area contributed by atoms with Crippen LogP contribution in [0.15, 0.2) is 36.4 Å². The lowest BCUT2D eigenvalue weighted by atomic mass is 10.0. The molecule has 5 heteroatoms. The second-order valence-corrected chi connectivity index (χ2v) is 5.49. The quantitative estimate of drug-likeness (QED) is 0.787. The van der Waals surface area contributed by atoms with Crippen molar-refractivity contribution >= 4 is 46.4 Å². The molecule has 0 saturated heterocycles. The fourth-order valence-electron chi connectivity index (χ4n) is 1.64. The summed E-state index contributed by atoms with van der Waals surface area (Å²) < 4.78 is 0. The van der Waals surface area contributed by atoms with Gasteiger partial charge in [-0.3, -0.25) is 0 Å². The van der Waals surface area contributed by atoms with Crippen molar-refractivity contribution < 1.29 is 5.11 Å². The molecule has 94 valence electrons. The van der Waals surface area contributed by atoms with Crippen molar-refractivity contribution in [3.63, 3.8) is 0 Å². The van der Waals surface area contributed by atoms with Gasteiger partial charge in [0.05, 0.1) is 0 Å². The molecule has 0 aliphatic rings. The van der Waals surface area contributed by atoms with Gasteiger partial charge >= 0.3 is 0 Å². The standard InChI is InChI=1S/C13H8Cl4O/c14-8-1-2-11(12(17)6-8)13(18)7-3-9(15)5-10(16)4-7/h1-6,13,18H. The second-order valence-electron chi connectivity index (χ2n) is 3.77. The number of rotatable bonds is 2. The maximum absolute atomic E-state index is 10.3. The molecule has 0 fully saturated rings. The van der Waals surface area contributed by atoms with Crippen LogP contribution in [0.2, 0.25) is 20.1 Å². The highest BCUT2D eigenvalue weighted by atomic mass is 35.5. The molecule has 1 N–H and O–H groups in total. The molecule has 0 amide bonds. The first-order valence-corrected chi connectivity index (χ1v) is 6.57. The van der Waals surface area contributed by atoms with E-state index in [-0.39, 0.29) is 0 Å². The first-order valence-electron chi connectivity index (χ1n) is 5.06. The number of hydrogen-bond acceptors (Lipinski definition) is 1. The van der Waals surface area contributed by atoms with Crippen molar-refractivity contribution in [1.29, 1.82) is 0 Å². The van der Waals surface area contributed by atoms with Crippen LogP contribution >= 0.6 is 46.4 Å². The summed E-state index contributed by atoms with van der Waals surface area (Å²) in [6.07, 6.45) is -0.897. The van der Waals surface area contributed by atoms with E-state index in [0.717, 1.165) is 0 Å². The minimum Gasteiger partial charge on any atom is -0.384 e. The predicted octanol–water partition coefficient (Wildman–Crippen LogP) is 5.38. The van der Waals surface area contributed by atoms with E-state index >= 15 is 0 Å². The Kier molecular flexibility index (Phi) is 4.41. The average molecular weight is 322 g/mol. The van der Waals surface area contributed by atoms with Crippen LogP contribution in [0, 0.1) is 0 Å². The molecule has 0 spiro atoms. The Balaban J connectivity index is 2.44. The van der Waals surface area contributed by atoms with Crippen molar-refractivity contribution in [3.8, 4) is 0 Å². The number of hydrogen-bond donors (Lipinski definition) is 1. The highest BCUT2D eigenvalue weighted by Crippen LogP contribution is 2.32. The van der Waals surface area contributed by atoms with Gasteiger partial charge in [0.15, 0.2) is 0 Å². The van der Waals surface area contributed by atoms with E-state index in [4.69, 9.17) is 46.4 Å². The lowest BCUT2D eigenvalue weighted by Gasteiger charge is -2.14. The topological polar surface area (TPSA) is 20.2 Å². The van der Waals surface area contributed by atoms with Crippen molar-refractivity contribution in [3.05, 3.63) is 67.6 Å². The Morgan fingerprint density at radius 2 is 1.39 bits per heavy atom. The van der Waals surface area contributed by atoms with Crippen LogP contribution in [0.4, 0.5) is 0 Å². The van der Waals surface area contributed by atoms with Gasteiger partial charge in [-0.15, -0.1) is 0 Å². The summed E-state index contributed by atoms with van der Waals surface area (Å²) in [5.74, 6) is 0. The Morgan fingerprint density at radius 3 is 1.94 bits per heavy atom. The van der Waals surface area contributed by atoms with Gasteiger partial charge in [-0.25, -0.2) is 0 Å². The zero-order chi connectivity index (χ0) is 13.3. The summed E-state index contributed by atoms with van der Waals surface area (Å²) in [5.41, 5.74) is 1.14. The molecule has 1 atom stereocenters. The molecule has 0 aliphatic heterocycles. The molecule has 2 aromatic carbocycles. The number of benzene rings is 2. The molecule has 0 saturated carbocycles. The molecule has 2 rings (SSSR count). The largest absolute Gasteiger partial charge is 0.384 e. The summed E-state index contributed by atoms with van der Waals surface area (Å²) in [5, 5.41) is 12.1. The molecule has 0 radical (unpaired) electrons. The van der Waals surface area contributed by atoms with Crippen molar-refractivity contribution in [1.82, 2.24) is 0 Å². The van der Waals surface area contributed by atoms with E-state index in [1.165, 1.54) is 0 Å². The Morgan fingerprint density at radius 1 is 0.778 bits per heavy atom. The molecule has 1 unspecified atom stereocenters. The number of aliphatic hydroxyl groups is 1. The average Bonchev–Trinajstić information content (AvgIpc) is 2.26. The van der Waals surface area contributed by atoms with Crippen molar-refractivity contribution in [2.24, 2.45) is 0 Å². The van der Waals surface area contributed by atoms with Crippen LogP contribution in [0.25, 0.3) is 0 Å². The van der Waals surface area contributed by atoms with Gasteiger partial charge in [-0.05, 0) is 35.9 Å². The maximum atomic E-state index is 10.3. The first kappa shape index (κ1) is 14.0. The van der Waals surface area contributed by atoms with Gasteiger partial charge in [-0.2, -0.15) is 0 Å². The van der Waals surface area contributed by atoms with Gasteiger partial charge in [0.1, 0.15) is 6.10 Å². The summed E-state index contributed by atoms with van der Waals surface area (Å²) in [4.78, 5) is 0. The highest BCUT2D eigenvalue weighted by Gasteiger charge is 2.15. The smallest absolute Gasteiger partial charge is 0.106 e. The maximum Gasteiger partial charge on any atom is 0.106 e. The minimum atomic E-state index is -0.897. The third-order valence-corrected chi connectivity index (χ3v) is 3.46. The van der Waals surface area contributed by atoms with Crippen LogP contribution in [0.1, 0.15) is 17.2 Å². The van der Waals surface area contributed by atoms with Gasteiger partial charge in [0.2, 0.25) is 0 Å². The normalized spacial score (nSPS) is 12.5. The molecule has 2 aromatic rings. The predicted molar refractivity (Wildman–Crippen MR) is 77.0 cm³/mol. The molecule has 0 aliphatic carbocycles. The van der Waals surface area contributed by atoms with Gasteiger partial charge in [0.25, 0.3) is 0 Å². The molecule has 0 bridgehead atoms. The van der Waals surface area contributed by atoms with E-state index in [9.17, 15) is 5.11 Å². The summed E-state index contributed by atoms with van der Waals surface area (Å²) >= 11 is 23.6. The SMILES string of the molecule is OC(c1cc(Cl)cc(Cl)c1)c1ccc(Cl)cc1Cl. The lowest BCUT2D eigenvalue weighted by molar-refractivity contribution is 0.220. The summed E-state index contributed by atoms with van der Waals surface area (Å²) in [7, 11) is 0. The van der Waals surface area contributed by atoms with Gasteiger partial charge in [-0.1, -0.05) is 52.5 Å². The zero-order valence-electron chi connectivity index (χ0n) is 9.00. The molecule has 1 nitrogen and oxygen atoms in total. The Bertz CT molecular complexity index is 563. The monoisotopic (exact) mass is 320 g/mol. The molecule has 0 aromatic heterocycles. The van der Waals surface area contributed by atoms with E-state index in [0.29, 0.717) is 31.2 Å². The molecular weight excluding hydrogens is 314 g/mol. The van der Waals surface area contributed by atoms with Crippen LogP contribution in [0.3, 0.4) is 0 Å². The first-order chi connectivity index (χ1) is 8.47. The van der Waals surface area contributed by atoms with E-state index < -0.39 is 6.10 Å². The van der Waals surface area contributed by atoms with Crippen LogP contribution in [-0.2, 0) is 0 Å². The third-order valence-electron chi connectivity index (χ3n) is 2.46. The third kappa shape index (κ3) is 3.11. The Labute approximate surface area is 125 Å². The highest BCUT2D eigenvalue weighted by molar-refractivity contribution is 6.35. The van der Waals surface area contributed by atoms with Crippen molar-refractivity contribution in [2.45, 2.75) is 6.10 Å². The molecular formula is C13H8Cl4O. The van der Waals surface area contributed by atoms with Gasteiger partial charge in [0, 0.05) is 25.7 Å². The zero-order valence-corrected chi connectivity index (χ0v) is 12.0. The molecule has 18 heavy (non-hydrogen) atoms. The van der Waals surface area contributed by atoms with E-state index in [2.05, 4.69) is 0 Å². The van der Waals surface area contributed by atoms with E-state index in [1.807, 2.05) is 0 Å². The minimum absolute atomic E-state index is 0.395. The summed E-state index contributed by atoms with van der Waals surface area (Å²) in [6.45, 7) is 0. The molecule has 0 heterocycles. The van der Waals surface area contributed by atoms with E-state index in [1.54, 1.807) is 36.4 Å². The lowest BCUT2D eigenvalue weighted by Crippen LogP contribution is -2.00. The summed E-state index contributed by atoms with van der Waals surface area (Å²) in [6, 6.07) is 9.80. The van der Waals surface area contributed by atoms with Crippen molar-refractivity contribution in [2.75, 3.05) is 0 Å². The van der Waals surface area contributed by atoms with Gasteiger partial charge < -0.3 is 5.11 Å². The number of halogens is 4. The van der Waals surface area contributed by atoms with Crippen LogP contribution < -0.4 is 0 Å².